The Bertz CT molecular complexity index is 1210. The van der Waals surface area contributed by atoms with Crippen LogP contribution in [0.25, 0.3) is 0 Å². The predicted molar refractivity (Wildman–Crippen MR) is 121 cm³/mol. The smallest absolute Gasteiger partial charge is 0.411 e. The molecule has 32 heavy (non-hydrogen) atoms. The zero-order valence-electron chi connectivity index (χ0n) is 17.0. The van der Waals surface area contributed by atoms with Crippen LogP contribution in [0.2, 0.25) is 0 Å². The van der Waals surface area contributed by atoms with Crippen molar-refractivity contribution >= 4 is 28.0 Å². The van der Waals surface area contributed by atoms with Crippen LogP contribution in [0.4, 0.5) is 4.79 Å². The number of amides is 1. The number of aliphatic carboxylic acids is 1. The number of rotatable bonds is 6. The minimum absolute atomic E-state index is 0.0769. The third-order valence-corrected chi connectivity index (χ3v) is 6.31. The molecule has 3 aromatic carbocycles. The monoisotopic (exact) mass is 493 g/mol. The molecule has 1 aliphatic carbocycles. The maximum atomic E-state index is 12.7. The molecule has 2 aliphatic rings. The number of fused-ring (bicyclic) bond motifs is 3. The first-order valence-corrected chi connectivity index (χ1v) is 11.1. The number of hydrogen-bond acceptors (Lipinski definition) is 4. The van der Waals surface area contributed by atoms with E-state index < -0.39 is 5.97 Å². The molecule has 3 aromatic rings. The molecule has 2 atom stereocenters. The molecule has 1 heterocycles. The second-order valence-electron chi connectivity index (χ2n) is 7.97. The van der Waals surface area contributed by atoms with E-state index in [2.05, 4.69) is 28.1 Å². The highest BCUT2D eigenvalue weighted by Crippen LogP contribution is 2.44. The number of carboxylic acids is 1. The lowest BCUT2D eigenvalue weighted by Gasteiger charge is -2.23. The summed E-state index contributed by atoms with van der Waals surface area (Å²) in [6.45, 7) is 0.331. The molecule has 1 amide bonds. The highest BCUT2D eigenvalue weighted by Gasteiger charge is 2.47. The summed E-state index contributed by atoms with van der Waals surface area (Å²) in [5.74, 6) is 0.244. The summed E-state index contributed by atoms with van der Waals surface area (Å²) in [5, 5.41) is 9.06. The molecule has 0 saturated carbocycles. The van der Waals surface area contributed by atoms with Gasteiger partial charge >= 0.3 is 12.1 Å². The van der Waals surface area contributed by atoms with Gasteiger partial charge in [0.2, 0.25) is 0 Å². The molecule has 1 fully saturated rings. The molecule has 0 unspecified atom stereocenters. The minimum Gasteiger partial charge on any atom is -0.481 e. The van der Waals surface area contributed by atoms with E-state index in [-0.39, 0.29) is 24.7 Å². The molecule has 0 bridgehead atoms. The van der Waals surface area contributed by atoms with Crippen molar-refractivity contribution in [2.75, 3.05) is 0 Å². The number of hydrogen-bond donors (Lipinski definition) is 1. The number of nitrogens with zero attached hydrogens (tertiary/aromatic N) is 1. The van der Waals surface area contributed by atoms with Gasteiger partial charge in [-0.3, -0.25) is 9.69 Å². The zero-order chi connectivity index (χ0) is 22.2. The van der Waals surface area contributed by atoms with Crippen LogP contribution >= 0.6 is 15.9 Å². The van der Waals surface area contributed by atoms with Crippen molar-refractivity contribution in [2.24, 2.45) is 0 Å². The largest absolute Gasteiger partial charge is 0.481 e. The average Bonchev–Trinajstić information content (AvgIpc) is 3.25. The van der Waals surface area contributed by atoms with Crippen molar-refractivity contribution in [2.45, 2.75) is 31.5 Å². The molecule has 0 radical (unpaired) electrons. The highest BCUT2D eigenvalue weighted by molar-refractivity contribution is 9.10. The van der Waals surface area contributed by atoms with E-state index in [0.29, 0.717) is 23.6 Å². The lowest BCUT2D eigenvalue weighted by molar-refractivity contribution is -0.136. The van der Waals surface area contributed by atoms with E-state index in [9.17, 15) is 9.59 Å². The Morgan fingerprint density at radius 1 is 1.12 bits per heavy atom. The van der Waals surface area contributed by atoms with Gasteiger partial charge in [-0.05, 0) is 47.0 Å². The first kappa shape index (κ1) is 20.6. The zero-order valence-corrected chi connectivity index (χ0v) is 18.6. The van der Waals surface area contributed by atoms with E-state index in [1.165, 1.54) is 5.56 Å². The number of carboxylic acid groups (broad SMARTS) is 1. The molecule has 6 nitrogen and oxygen atoms in total. The molecule has 0 aromatic heterocycles. The Morgan fingerprint density at radius 3 is 2.81 bits per heavy atom. The normalized spacial score (nSPS) is 18.8. The molecule has 1 N–H and O–H groups in total. The lowest BCUT2D eigenvalue weighted by atomic mass is 10.1. The van der Waals surface area contributed by atoms with E-state index in [1.54, 1.807) is 29.2 Å². The van der Waals surface area contributed by atoms with Crippen LogP contribution in [0.5, 0.6) is 11.5 Å². The third kappa shape index (κ3) is 3.96. The van der Waals surface area contributed by atoms with Crippen molar-refractivity contribution < 1.29 is 24.2 Å². The van der Waals surface area contributed by atoms with Gasteiger partial charge in [-0.15, -0.1) is 0 Å². The highest BCUT2D eigenvalue weighted by atomic mass is 79.9. The second kappa shape index (κ2) is 8.31. The van der Waals surface area contributed by atoms with E-state index in [4.69, 9.17) is 14.6 Å². The van der Waals surface area contributed by atoms with E-state index in [1.807, 2.05) is 30.3 Å². The van der Waals surface area contributed by atoms with Gasteiger partial charge in [-0.1, -0.05) is 52.3 Å². The van der Waals surface area contributed by atoms with Crippen molar-refractivity contribution in [3.8, 4) is 11.5 Å². The Labute approximate surface area is 193 Å². The second-order valence-corrected chi connectivity index (χ2v) is 8.89. The quantitative estimate of drug-likeness (QED) is 0.491. The Hall–Kier alpha value is -3.32. The van der Waals surface area contributed by atoms with Crippen molar-refractivity contribution in [1.29, 1.82) is 0 Å². The summed E-state index contributed by atoms with van der Waals surface area (Å²) in [5.41, 5.74) is 3.82. The summed E-state index contributed by atoms with van der Waals surface area (Å²) in [6.07, 6.45) is 0.140. The number of benzene rings is 3. The van der Waals surface area contributed by atoms with Gasteiger partial charge in [0.1, 0.15) is 17.6 Å². The SMILES string of the molecule is O=C(O)Cc1cccc(Oc2ccc(Br)cc2CN2C(=O)O[C@@H]3Cc4ccccc4[C@@H]32)c1. The van der Waals surface area contributed by atoms with Crippen LogP contribution in [0.3, 0.4) is 0 Å². The number of carbonyl (C=O) groups excluding carboxylic acids is 1. The number of ether oxygens (including phenoxy) is 2. The van der Waals surface area contributed by atoms with Crippen LogP contribution in [-0.2, 0) is 28.9 Å². The Balaban J connectivity index is 1.43. The topological polar surface area (TPSA) is 76.1 Å². The van der Waals surface area contributed by atoms with Gasteiger partial charge in [0.05, 0.1) is 19.0 Å². The minimum atomic E-state index is -0.898. The first-order chi connectivity index (χ1) is 15.5. The Kier molecular flexibility index (Phi) is 5.35. The maximum absolute atomic E-state index is 12.7. The van der Waals surface area contributed by atoms with Crippen LogP contribution in [0.15, 0.2) is 71.2 Å². The van der Waals surface area contributed by atoms with Crippen molar-refractivity contribution in [1.82, 2.24) is 4.90 Å². The summed E-state index contributed by atoms with van der Waals surface area (Å²) in [6, 6.07) is 20.7. The third-order valence-electron chi connectivity index (χ3n) is 5.81. The van der Waals surface area contributed by atoms with E-state index >= 15 is 0 Å². The predicted octanol–water partition coefficient (Wildman–Crippen LogP) is 5.49. The number of halogens is 1. The van der Waals surface area contributed by atoms with Gasteiger partial charge in [0.25, 0.3) is 0 Å². The summed E-state index contributed by atoms with van der Waals surface area (Å²) in [7, 11) is 0. The standard InChI is InChI=1S/C25H20BrNO5/c26-18-8-9-21(31-19-6-3-4-15(10-19)11-23(28)29)17(12-18)14-27-24-20-7-2-1-5-16(20)13-22(24)32-25(27)30/h1-10,12,22,24H,11,13-14H2,(H,28,29)/t22-,24+/m1/s1. The van der Waals surface area contributed by atoms with Gasteiger partial charge in [0.15, 0.2) is 0 Å². The molecule has 162 valence electrons. The molecule has 1 saturated heterocycles. The van der Waals surface area contributed by atoms with Crippen LogP contribution in [0, 0.1) is 0 Å². The van der Waals surface area contributed by atoms with Crippen LogP contribution < -0.4 is 4.74 Å². The molecule has 1 aliphatic heterocycles. The molecule has 0 spiro atoms. The fraction of sp³-hybridized carbons (Fsp3) is 0.200. The number of carbonyl (C=O) groups is 2. The van der Waals surface area contributed by atoms with Crippen molar-refractivity contribution in [3.05, 3.63) is 93.5 Å². The summed E-state index contributed by atoms with van der Waals surface area (Å²) >= 11 is 3.51. The van der Waals surface area contributed by atoms with Gasteiger partial charge in [-0.2, -0.15) is 0 Å². The van der Waals surface area contributed by atoms with Crippen molar-refractivity contribution in [3.63, 3.8) is 0 Å². The van der Waals surface area contributed by atoms with Gasteiger partial charge in [0, 0.05) is 16.5 Å². The maximum Gasteiger partial charge on any atom is 0.411 e. The van der Waals surface area contributed by atoms with Gasteiger partial charge in [-0.25, -0.2) is 4.79 Å². The van der Waals surface area contributed by atoms with Crippen LogP contribution in [0.1, 0.15) is 28.3 Å². The Morgan fingerprint density at radius 2 is 1.97 bits per heavy atom. The fourth-order valence-electron chi connectivity index (χ4n) is 4.46. The fourth-order valence-corrected chi connectivity index (χ4v) is 4.87. The molecular formula is C25H20BrNO5. The molecular weight excluding hydrogens is 474 g/mol. The summed E-state index contributed by atoms with van der Waals surface area (Å²) in [4.78, 5) is 25.5. The van der Waals surface area contributed by atoms with E-state index in [0.717, 1.165) is 22.0 Å². The summed E-state index contributed by atoms with van der Waals surface area (Å²) < 4.78 is 12.7. The first-order valence-electron chi connectivity index (χ1n) is 10.3. The molecule has 5 rings (SSSR count). The van der Waals surface area contributed by atoms with Crippen LogP contribution in [-0.4, -0.2) is 28.2 Å². The average molecular weight is 494 g/mol. The molecule has 7 heteroatoms. The lowest BCUT2D eigenvalue weighted by Crippen LogP contribution is -2.27. The van der Waals surface area contributed by atoms with Gasteiger partial charge < -0.3 is 14.6 Å².